The second kappa shape index (κ2) is 5.73. The number of aliphatic hydroxyl groups excluding tert-OH is 1. The molecule has 1 aliphatic carbocycles. The first-order valence-corrected chi connectivity index (χ1v) is 7.80. The largest absolute Gasteiger partial charge is 0.393 e. The zero-order valence-corrected chi connectivity index (χ0v) is 13.0. The fourth-order valence-electron chi connectivity index (χ4n) is 3.36. The van der Waals surface area contributed by atoms with Gasteiger partial charge in [-0.2, -0.15) is 5.10 Å². The number of nitrogens with zero attached hydrogens (tertiary/aromatic N) is 3. The van der Waals surface area contributed by atoms with E-state index in [0.29, 0.717) is 6.04 Å². The molecule has 2 aromatic rings. The maximum absolute atomic E-state index is 9.80. The lowest BCUT2D eigenvalue weighted by Gasteiger charge is -2.30. The summed E-state index contributed by atoms with van der Waals surface area (Å²) in [6.07, 6.45) is 5.81. The Morgan fingerprint density at radius 1 is 1.38 bits per heavy atom. The van der Waals surface area contributed by atoms with Crippen LogP contribution in [0, 0.1) is 13.8 Å². The Morgan fingerprint density at radius 3 is 2.95 bits per heavy atom. The third kappa shape index (κ3) is 2.94. The number of nitrogens with one attached hydrogen (secondary N) is 1. The van der Waals surface area contributed by atoms with Crippen molar-refractivity contribution in [3.63, 3.8) is 0 Å². The van der Waals surface area contributed by atoms with E-state index < -0.39 is 0 Å². The van der Waals surface area contributed by atoms with Crippen molar-refractivity contribution in [1.82, 2.24) is 19.9 Å². The molecular formula is C16H24N4O. The summed E-state index contributed by atoms with van der Waals surface area (Å²) in [7, 11) is 0. The first-order valence-electron chi connectivity index (χ1n) is 7.80. The van der Waals surface area contributed by atoms with Crippen LogP contribution in [0.2, 0.25) is 0 Å². The van der Waals surface area contributed by atoms with Crippen LogP contribution in [0.15, 0.2) is 12.3 Å². The number of aromatic nitrogens is 3. The number of hydrogen-bond acceptors (Lipinski definition) is 4. The number of rotatable bonds is 3. The quantitative estimate of drug-likeness (QED) is 0.909. The molecule has 0 amide bonds. The van der Waals surface area contributed by atoms with Crippen molar-refractivity contribution in [2.24, 2.45) is 0 Å². The van der Waals surface area contributed by atoms with E-state index in [9.17, 15) is 5.11 Å². The van der Waals surface area contributed by atoms with Gasteiger partial charge in [-0.3, -0.25) is 0 Å². The number of fused-ring (bicyclic) bond motifs is 1. The van der Waals surface area contributed by atoms with Crippen LogP contribution < -0.4 is 5.32 Å². The SMILES string of the molecule is Cc1cc2ncc(C(C)NC3CCCC(O)C3)c(C)n2n1. The van der Waals surface area contributed by atoms with Crippen molar-refractivity contribution in [2.75, 3.05) is 0 Å². The molecule has 2 N–H and O–H groups in total. The van der Waals surface area contributed by atoms with E-state index in [1.54, 1.807) is 0 Å². The van der Waals surface area contributed by atoms with Crippen LogP contribution >= 0.6 is 0 Å². The summed E-state index contributed by atoms with van der Waals surface area (Å²) >= 11 is 0. The van der Waals surface area contributed by atoms with Crippen LogP contribution in [-0.4, -0.2) is 31.9 Å². The molecule has 0 bridgehead atoms. The maximum atomic E-state index is 9.80. The third-order valence-corrected chi connectivity index (χ3v) is 4.48. The van der Waals surface area contributed by atoms with Crippen LogP contribution in [0.4, 0.5) is 0 Å². The Balaban J connectivity index is 1.80. The van der Waals surface area contributed by atoms with Gasteiger partial charge in [-0.05, 0) is 46.5 Å². The summed E-state index contributed by atoms with van der Waals surface area (Å²) in [5.74, 6) is 0. The molecule has 0 saturated heterocycles. The average Bonchev–Trinajstić information content (AvgIpc) is 2.80. The minimum absolute atomic E-state index is 0.154. The lowest BCUT2D eigenvalue weighted by molar-refractivity contribution is 0.109. The predicted octanol–water partition coefficient (Wildman–Crippen LogP) is 2.30. The fraction of sp³-hybridized carbons (Fsp3) is 0.625. The Hall–Kier alpha value is -1.46. The van der Waals surface area contributed by atoms with Crippen molar-refractivity contribution in [1.29, 1.82) is 0 Å². The van der Waals surface area contributed by atoms with Gasteiger partial charge in [0.1, 0.15) is 0 Å². The first kappa shape index (κ1) is 14.5. The fourth-order valence-corrected chi connectivity index (χ4v) is 3.36. The summed E-state index contributed by atoms with van der Waals surface area (Å²) in [6.45, 7) is 6.23. The molecule has 2 aromatic heterocycles. The second-order valence-electron chi connectivity index (χ2n) is 6.26. The maximum Gasteiger partial charge on any atom is 0.155 e. The number of aliphatic hydroxyl groups is 1. The van der Waals surface area contributed by atoms with E-state index in [0.717, 1.165) is 42.7 Å². The average molecular weight is 288 g/mol. The Bertz CT molecular complexity index is 636. The van der Waals surface area contributed by atoms with Crippen molar-refractivity contribution in [3.05, 3.63) is 29.2 Å². The molecule has 1 aliphatic rings. The van der Waals surface area contributed by atoms with Crippen molar-refractivity contribution >= 4 is 5.65 Å². The minimum atomic E-state index is -0.154. The zero-order valence-electron chi connectivity index (χ0n) is 13.0. The molecule has 3 atom stereocenters. The molecule has 5 nitrogen and oxygen atoms in total. The third-order valence-electron chi connectivity index (χ3n) is 4.48. The van der Waals surface area contributed by atoms with Gasteiger partial charge in [-0.25, -0.2) is 9.50 Å². The molecular weight excluding hydrogens is 264 g/mol. The van der Waals surface area contributed by atoms with Crippen molar-refractivity contribution in [3.8, 4) is 0 Å². The first-order chi connectivity index (χ1) is 10.0. The van der Waals surface area contributed by atoms with Gasteiger partial charge in [0.2, 0.25) is 0 Å². The van der Waals surface area contributed by atoms with Gasteiger partial charge in [0.15, 0.2) is 5.65 Å². The number of hydrogen-bond donors (Lipinski definition) is 2. The monoisotopic (exact) mass is 288 g/mol. The molecule has 3 rings (SSSR count). The topological polar surface area (TPSA) is 62.5 Å². The molecule has 2 heterocycles. The minimum Gasteiger partial charge on any atom is -0.393 e. The zero-order chi connectivity index (χ0) is 15.0. The highest BCUT2D eigenvalue weighted by atomic mass is 16.3. The molecule has 0 radical (unpaired) electrons. The van der Waals surface area contributed by atoms with E-state index >= 15 is 0 Å². The van der Waals surface area contributed by atoms with Crippen molar-refractivity contribution < 1.29 is 5.11 Å². The summed E-state index contributed by atoms with van der Waals surface area (Å²) in [5.41, 5.74) is 4.18. The summed E-state index contributed by atoms with van der Waals surface area (Å²) < 4.78 is 1.92. The van der Waals surface area contributed by atoms with Crippen LogP contribution in [0.25, 0.3) is 5.65 Å². The summed E-state index contributed by atoms with van der Waals surface area (Å²) in [6, 6.07) is 2.59. The lowest BCUT2D eigenvalue weighted by Crippen LogP contribution is -2.37. The number of aryl methyl sites for hydroxylation is 2. The molecule has 0 spiro atoms. The summed E-state index contributed by atoms with van der Waals surface area (Å²) in [4.78, 5) is 4.50. The van der Waals surface area contributed by atoms with Gasteiger partial charge in [0, 0.05) is 35.6 Å². The molecule has 1 fully saturated rings. The summed E-state index contributed by atoms with van der Waals surface area (Å²) in [5, 5.41) is 17.9. The standard InChI is InChI=1S/C16H24N4O/c1-10-7-16-17-9-15(12(3)20(16)19-10)11(2)18-13-5-4-6-14(21)8-13/h7,9,11,13-14,18,21H,4-6,8H2,1-3H3. The normalized spacial score (nSPS) is 24.4. The Kier molecular flexibility index (Phi) is 3.95. The van der Waals surface area contributed by atoms with Crippen molar-refractivity contribution in [2.45, 2.75) is 64.6 Å². The predicted molar refractivity (Wildman–Crippen MR) is 82.3 cm³/mol. The van der Waals surface area contributed by atoms with Gasteiger partial charge in [0.25, 0.3) is 0 Å². The Morgan fingerprint density at radius 2 is 2.19 bits per heavy atom. The van der Waals surface area contributed by atoms with E-state index in [1.807, 2.05) is 23.7 Å². The van der Waals surface area contributed by atoms with Crippen LogP contribution in [0.3, 0.4) is 0 Å². The van der Waals surface area contributed by atoms with E-state index in [1.165, 1.54) is 5.56 Å². The molecule has 0 aromatic carbocycles. The Labute approximate surface area is 125 Å². The van der Waals surface area contributed by atoms with Crippen LogP contribution in [0.5, 0.6) is 0 Å². The lowest BCUT2D eigenvalue weighted by atomic mass is 9.92. The molecule has 0 aliphatic heterocycles. The van der Waals surface area contributed by atoms with Gasteiger partial charge in [-0.15, -0.1) is 0 Å². The molecule has 21 heavy (non-hydrogen) atoms. The van der Waals surface area contributed by atoms with Crippen LogP contribution in [-0.2, 0) is 0 Å². The van der Waals surface area contributed by atoms with E-state index in [2.05, 4.69) is 29.2 Å². The molecule has 114 valence electrons. The molecule has 5 heteroatoms. The van der Waals surface area contributed by atoms with Gasteiger partial charge >= 0.3 is 0 Å². The van der Waals surface area contributed by atoms with Gasteiger partial charge in [-0.1, -0.05) is 0 Å². The highest BCUT2D eigenvalue weighted by molar-refractivity contribution is 5.42. The van der Waals surface area contributed by atoms with Crippen LogP contribution in [0.1, 0.15) is 55.6 Å². The smallest absolute Gasteiger partial charge is 0.155 e. The second-order valence-corrected chi connectivity index (χ2v) is 6.26. The van der Waals surface area contributed by atoms with E-state index in [-0.39, 0.29) is 12.1 Å². The van der Waals surface area contributed by atoms with Gasteiger partial charge in [0.05, 0.1) is 11.8 Å². The highest BCUT2D eigenvalue weighted by Crippen LogP contribution is 2.23. The van der Waals surface area contributed by atoms with E-state index in [4.69, 9.17) is 0 Å². The van der Waals surface area contributed by atoms with Gasteiger partial charge < -0.3 is 10.4 Å². The molecule has 3 unspecified atom stereocenters. The highest BCUT2D eigenvalue weighted by Gasteiger charge is 2.22. The molecule has 1 saturated carbocycles.